The van der Waals surface area contributed by atoms with Crippen molar-refractivity contribution in [2.24, 2.45) is 0 Å². The highest BCUT2D eigenvalue weighted by Gasteiger charge is 2.41. The van der Waals surface area contributed by atoms with Crippen molar-refractivity contribution in [1.29, 1.82) is 0 Å². The highest BCUT2D eigenvalue weighted by atomic mass is 28.3. The lowest BCUT2D eigenvalue weighted by atomic mass is 10.0. The maximum Gasteiger partial charge on any atom is 0.147 e. The number of hydrogen-bond donors (Lipinski definition) is 0. The number of rotatable bonds is 34. The topological polar surface area (TPSA) is 90.9 Å². The van der Waals surface area contributed by atoms with Crippen molar-refractivity contribution in [3.8, 4) is 0 Å². The van der Waals surface area contributed by atoms with Crippen molar-refractivity contribution in [2.45, 2.75) is 217 Å². The molecule has 2 aliphatic heterocycles. The summed E-state index contributed by atoms with van der Waals surface area (Å²) < 4.78 is 50.2. The quantitative estimate of drug-likeness (QED) is 0.0207. The fourth-order valence-electron chi connectivity index (χ4n) is 6.84. The Morgan fingerprint density at radius 1 is 0.600 bits per heavy atom. The second-order valence-corrected chi connectivity index (χ2v) is 36.5. The van der Waals surface area contributed by atoms with Crippen molar-refractivity contribution in [3.05, 3.63) is 12.2 Å². The smallest absolute Gasteiger partial charge is 0.147 e. The van der Waals surface area contributed by atoms with E-state index in [1.54, 1.807) is 0 Å². The predicted molar refractivity (Wildman–Crippen MR) is 234 cm³/mol. The molecule has 2 heterocycles. The number of aldehydes is 1. The van der Waals surface area contributed by atoms with Gasteiger partial charge < -0.3 is 42.7 Å². The van der Waals surface area contributed by atoms with E-state index in [0.29, 0.717) is 20.0 Å². The van der Waals surface area contributed by atoms with Crippen LogP contribution in [0.1, 0.15) is 96.8 Å². The minimum absolute atomic E-state index is 0.00872. The average molecular weight is 831 g/mol. The first-order valence-electron chi connectivity index (χ1n) is 22.1. The van der Waals surface area contributed by atoms with Crippen molar-refractivity contribution >= 4 is 30.5 Å². The van der Waals surface area contributed by atoms with Crippen LogP contribution >= 0.6 is 0 Å². The van der Waals surface area contributed by atoms with Gasteiger partial charge in [0.25, 0.3) is 0 Å². The summed E-state index contributed by atoms with van der Waals surface area (Å²) >= 11 is 0. The number of unbranched alkanes of at least 4 members (excludes halogenated alkanes) is 4. The molecule has 0 saturated carbocycles. The van der Waals surface area contributed by atoms with Gasteiger partial charge in [0, 0.05) is 50.5 Å². The lowest BCUT2D eigenvalue weighted by molar-refractivity contribution is -0.156. The second kappa shape index (κ2) is 28.3. The summed E-state index contributed by atoms with van der Waals surface area (Å²) in [6.07, 6.45) is 19.1. The van der Waals surface area contributed by atoms with Gasteiger partial charge in [-0.25, -0.2) is 0 Å². The first-order valence-corrected chi connectivity index (χ1v) is 33.2. The van der Waals surface area contributed by atoms with E-state index in [0.717, 1.165) is 108 Å². The molecule has 0 spiro atoms. The molecular weight excluding hydrogens is 745 g/mol. The highest BCUT2D eigenvalue weighted by molar-refractivity contribution is 6.76. The number of hydrogen-bond acceptors (Lipinski definition) is 9. The summed E-state index contributed by atoms with van der Waals surface area (Å²) in [6, 6.07) is 3.40. The van der Waals surface area contributed by atoms with Crippen LogP contribution in [0.15, 0.2) is 12.2 Å². The van der Waals surface area contributed by atoms with Gasteiger partial charge in [0.1, 0.15) is 32.8 Å². The Morgan fingerprint density at radius 2 is 1.13 bits per heavy atom. The summed E-state index contributed by atoms with van der Waals surface area (Å²) in [5.74, 6) is 0. The lowest BCUT2D eigenvalue weighted by Crippen LogP contribution is -2.35. The molecule has 0 amide bonds. The molecule has 12 heteroatoms. The van der Waals surface area contributed by atoms with E-state index in [9.17, 15) is 4.79 Å². The molecule has 0 aliphatic carbocycles. The molecule has 2 rings (SSSR count). The monoisotopic (exact) mass is 831 g/mol. The van der Waals surface area contributed by atoms with E-state index in [-0.39, 0.29) is 49.5 Å². The zero-order chi connectivity index (χ0) is 40.6. The van der Waals surface area contributed by atoms with Crippen molar-refractivity contribution in [1.82, 2.24) is 0 Å². The van der Waals surface area contributed by atoms with Crippen LogP contribution in [0.4, 0.5) is 0 Å². The van der Waals surface area contributed by atoms with E-state index >= 15 is 0 Å². The van der Waals surface area contributed by atoms with Crippen LogP contribution in [-0.4, -0.2) is 113 Å². The van der Waals surface area contributed by atoms with Crippen LogP contribution in [0, 0.1) is 0 Å². The molecule has 0 aromatic rings. The van der Waals surface area contributed by atoms with Gasteiger partial charge in [-0.2, -0.15) is 0 Å². The summed E-state index contributed by atoms with van der Waals surface area (Å²) in [4.78, 5) is 10.9. The minimum atomic E-state index is -1.18. The van der Waals surface area contributed by atoms with Crippen molar-refractivity contribution < 1.29 is 42.7 Å². The average Bonchev–Trinajstić information content (AvgIpc) is 3.79. The molecule has 0 aromatic heterocycles. The zero-order valence-corrected chi connectivity index (χ0v) is 40.2. The Kier molecular flexibility index (Phi) is 26.1. The third-order valence-electron chi connectivity index (χ3n) is 10.6. The summed E-state index contributed by atoms with van der Waals surface area (Å²) in [5, 5.41) is 0. The second-order valence-electron chi connectivity index (χ2n) is 19.7. The molecule has 55 heavy (non-hydrogen) atoms. The molecular formula is C43H86O9Si3. The van der Waals surface area contributed by atoms with Crippen LogP contribution in [0.5, 0.6) is 0 Å². The molecule has 0 aromatic carbocycles. The van der Waals surface area contributed by atoms with Gasteiger partial charge in [0.15, 0.2) is 0 Å². The van der Waals surface area contributed by atoms with Gasteiger partial charge in [-0.1, -0.05) is 104 Å². The van der Waals surface area contributed by atoms with Gasteiger partial charge >= 0.3 is 0 Å². The maximum absolute atomic E-state index is 10.9. The van der Waals surface area contributed by atoms with Crippen molar-refractivity contribution in [3.63, 3.8) is 0 Å². The summed E-state index contributed by atoms with van der Waals surface area (Å²) in [5.41, 5.74) is 0. The lowest BCUT2D eigenvalue weighted by Gasteiger charge is -2.27. The number of carbonyl (C=O) groups is 1. The van der Waals surface area contributed by atoms with Crippen LogP contribution < -0.4 is 0 Å². The molecule has 0 unspecified atom stereocenters. The molecule has 2 saturated heterocycles. The normalized spacial score (nSPS) is 22.8. The van der Waals surface area contributed by atoms with E-state index < -0.39 is 24.2 Å². The molecule has 0 bridgehead atoms. The van der Waals surface area contributed by atoms with Crippen LogP contribution in [0.2, 0.25) is 77.1 Å². The van der Waals surface area contributed by atoms with E-state index in [4.69, 9.17) is 37.9 Å². The molecule has 0 N–H and O–H groups in total. The Morgan fingerprint density at radius 3 is 1.69 bits per heavy atom. The molecule has 9 nitrogen and oxygen atoms in total. The number of allylic oxidation sites excluding steroid dienone is 1. The van der Waals surface area contributed by atoms with E-state index in [1.807, 2.05) is 0 Å². The Labute approximate surface area is 341 Å². The fourth-order valence-corrected chi connectivity index (χ4v) is 9.11. The Bertz CT molecular complexity index is 997. The van der Waals surface area contributed by atoms with Gasteiger partial charge in [-0.05, 0) is 75.9 Å². The Hall–Kier alpha value is -0.259. The minimum Gasteiger partial charge on any atom is -0.370 e. The van der Waals surface area contributed by atoms with Crippen molar-refractivity contribution in [2.75, 3.05) is 40.2 Å². The van der Waals surface area contributed by atoms with Crippen LogP contribution in [-0.2, 0) is 42.7 Å². The fraction of sp³-hybridized carbons (Fsp3) is 0.930. The standard InChI is InChI=1S/C43H86O9Si3/c1-11-12-14-19-37(48-34-45-28-31-53(2,3)4)20-16-17-22-39(50-36-47-30-33-55(8,9)10)41-24-26-43(52-41)42-25-23-40(51-42)38(21-15-13-18-27-44)49-35-46-29-32-54(5,6)7/h17,22,27,37-43H,11-16,18-21,23-26,28-36H2,1-10H3/b22-17+/t37-,38+,39+,40+,41+,42+,43+/m0/s1. The Balaban J connectivity index is 1.97. The number of ether oxygens (including phenoxy) is 8. The van der Waals surface area contributed by atoms with E-state index in [1.165, 1.54) is 19.3 Å². The maximum atomic E-state index is 10.9. The third kappa shape index (κ3) is 25.8. The van der Waals surface area contributed by atoms with Gasteiger partial charge in [-0.3, -0.25) is 0 Å². The van der Waals surface area contributed by atoms with Crippen LogP contribution in [0.25, 0.3) is 0 Å². The first-order chi connectivity index (χ1) is 26.1. The molecule has 2 fully saturated rings. The third-order valence-corrected chi connectivity index (χ3v) is 15.7. The zero-order valence-electron chi connectivity index (χ0n) is 37.2. The molecule has 0 radical (unpaired) electrons. The first kappa shape index (κ1) is 50.9. The predicted octanol–water partition coefficient (Wildman–Crippen LogP) is 10.9. The largest absolute Gasteiger partial charge is 0.370 e. The highest BCUT2D eigenvalue weighted by Crippen LogP contribution is 2.35. The molecule has 7 atom stereocenters. The van der Waals surface area contributed by atoms with Gasteiger partial charge in [0.05, 0.1) is 36.6 Å². The van der Waals surface area contributed by atoms with Gasteiger partial charge in [0.2, 0.25) is 0 Å². The molecule has 2 aliphatic rings. The van der Waals surface area contributed by atoms with Crippen LogP contribution in [0.3, 0.4) is 0 Å². The van der Waals surface area contributed by atoms with Gasteiger partial charge in [-0.15, -0.1) is 0 Å². The SMILES string of the molecule is CCCCC[C@@H](CC/C=C/[C@@H](OCOCC[Si](C)(C)C)[C@H]1CC[C@H]([C@H]2CC[C@H]([C@@H](CCCCC=O)OCOCC[Si](C)(C)C)O2)O1)OCOCC[Si](C)(C)C. The van der Waals surface area contributed by atoms with E-state index in [2.05, 4.69) is 78.0 Å². The molecule has 324 valence electrons. The number of carbonyl (C=O) groups excluding carboxylic acids is 1. The summed E-state index contributed by atoms with van der Waals surface area (Å²) in [6.45, 7) is 26.8. The summed E-state index contributed by atoms with van der Waals surface area (Å²) in [7, 11) is -3.45.